The van der Waals surface area contributed by atoms with E-state index in [0.29, 0.717) is 12.1 Å². The highest BCUT2D eigenvalue weighted by atomic mass is 16.5. The molecule has 1 aromatic heterocycles. The summed E-state index contributed by atoms with van der Waals surface area (Å²) in [6, 6.07) is 11.3. The topological polar surface area (TPSA) is 63.6 Å². The monoisotopic (exact) mass is 343 g/mol. The molecule has 0 saturated heterocycles. The van der Waals surface area contributed by atoms with Crippen LogP contribution in [0.3, 0.4) is 0 Å². The number of aryl methyl sites for hydroxylation is 1. The minimum atomic E-state index is -0.187. The third-order valence-corrected chi connectivity index (χ3v) is 4.14. The molecular weight excluding hydrogens is 318 g/mol. The quantitative estimate of drug-likeness (QED) is 0.829. The van der Waals surface area contributed by atoms with E-state index in [1.54, 1.807) is 32.4 Å². The number of hydrogen-bond acceptors (Lipinski definition) is 4. The molecule has 0 spiro atoms. The zero-order valence-corrected chi connectivity index (χ0v) is 15.2. The lowest BCUT2D eigenvalue weighted by Gasteiger charge is -2.25. The van der Waals surface area contributed by atoms with E-state index >= 15 is 0 Å². The Bertz CT molecular complexity index is 766. The maximum absolute atomic E-state index is 12.2. The lowest BCUT2D eigenvalue weighted by Crippen LogP contribution is -2.38. The molecule has 0 aliphatic heterocycles. The predicted molar refractivity (Wildman–Crippen MR) is 97.9 cm³/mol. The third-order valence-electron chi connectivity index (χ3n) is 4.14. The van der Waals surface area contributed by atoms with Crippen LogP contribution in [0, 0.1) is 6.92 Å². The molecule has 0 aliphatic carbocycles. The number of likely N-dealkylation sites (N-methyl/N-ethyl adjacent to an activating group) is 1. The van der Waals surface area contributed by atoms with Gasteiger partial charge in [-0.25, -0.2) is 0 Å². The van der Waals surface area contributed by atoms with Gasteiger partial charge < -0.3 is 19.5 Å². The van der Waals surface area contributed by atoms with E-state index in [4.69, 9.17) is 4.74 Å². The standard InChI is InChI=1S/C19H25N3O3/c1-14-6-5-11-22(19(14)24)13-18(23)20-12-17(21(2)3)15-7-9-16(25-4)10-8-15/h5-11,17H,12-13H2,1-4H3,(H,20,23). The molecule has 1 N–H and O–H groups in total. The summed E-state index contributed by atoms with van der Waals surface area (Å²) in [6.07, 6.45) is 1.63. The summed E-state index contributed by atoms with van der Waals surface area (Å²) in [4.78, 5) is 26.3. The van der Waals surface area contributed by atoms with E-state index in [9.17, 15) is 9.59 Å². The summed E-state index contributed by atoms with van der Waals surface area (Å²) >= 11 is 0. The summed E-state index contributed by atoms with van der Waals surface area (Å²) in [5.74, 6) is 0.608. The van der Waals surface area contributed by atoms with E-state index in [-0.39, 0.29) is 24.1 Å². The minimum Gasteiger partial charge on any atom is -0.497 e. The number of carbonyl (C=O) groups is 1. The molecule has 0 aliphatic rings. The van der Waals surface area contributed by atoms with Crippen molar-refractivity contribution in [2.75, 3.05) is 27.7 Å². The predicted octanol–water partition coefficient (Wildman–Crippen LogP) is 1.58. The van der Waals surface area contributed by atoms with Gasteiger partial charge in [-0.2, -0.15) is 0 Å². The van der Waals surface area contributed by atoms with Crippen LogP contribution in [0.25, 0.3) is 0 Å². The van der Waals surface area contributed by atoms with Crippen LogP contribution in [0.5, 0.6) is 5.75 Å². The van der Waals surface area contributed by atoms with E-state index in [1.807, 2.05) is 43.3 Å². The number of benzene rings is 1. The van der Waals surface area contributed by atoms with Crippen LogP contribution in [-0.2, 0) is 11.3 Å². The van der Waals surface area contributed by atoms with Gasteiger partial charge in [-0.3, -0.25) is 9.59 Å². The number of hydrogen-bond donors (Lipinski definition) is 1. The van der Waals surface area contributed by atoms with Gasteiger partial charge >= 0.3 is 0 Å². The largest absolute Gasteiger partial charge is 0.497 e. The molecule has 1 atom stereocenters. The number of rotatable bonds is 7. The number of amides is 1. The molecule has 1 amide bonds. The second-order valence-corrected chi connectivity index (χ2v) is 6.18. The third kappa shape index (κ3) is 4.93. The van der Waals surface area contributed by atoms with Crippen molar-refractivity contribution in [1.29, 1.82) is 0 Å². The van der Waals surface area contributed by atoms with Gasteiger partial charge in [-0.05, 0) is 44.8 Å². The van der Waals surface area contributed by atoms with Gasteiger partial charge in [0.05, 0.1) is 13.2 Å². The van der Waals surface area contributed by atoms with Crippen LogP contribution in [0.2, 0.25) is 0 Å². The fraction of sp³-hybridized carbons (Fsp3) is 0.368. The number of pyridine rings is 1. The lowest BCUT2D eigenvalue weighted by molar-refractivity contribution is -0.121. The first-order valence-corrected chi connectivity index (χ1v) is 8.15. The second kappa shape index (κ2) is 8.48. The average Bonchev–Trinajstić information content (AvgIpc) is 2.59. The molecule has 0 bridgehead atoms. The van der Waals surface area contributed by atoms with E-state index in [2.05, 4.69) is 5.32 Å². The number of carbonyl (C=O) groups excluding carboxylic acids is 1. The molecule has 6 nitrogen and oxygen atoms in total. The first-order chi connectivity index (χ1) is 11.9. The minimum absolute atomic E-state index is 0.0171. The highest BCUT2D eigenvalue weighted by Crippen LogP contribution is 2.20. The number of methoxy groups -OCH3 is 1. The molecule has 2 rings (SSSR count). The van der Waals surface area contributed by atoms with Crippen molar-refractivity contribution in [2.45, 2.75) is 19.5 Å². The molecule has 1 unspecified atom stereocenters. The van der Waals surface area contributed by atoms with E-state index in [1.165, 1.54) is 4.57 Å². The van der Waals surface area contributed by atoms with Gasteiger partial charge in [-0.15, -0.1) is 0 Å². The van der Waals surface area contributed by atoms with E-state index < -0.39 is 0 Å². The van der Waals surface area contributed by atoms with Gasteiger partial charge in [-0.1, -0.05) is 18.2 Å². The zero-order valence-electron chi connectivity index (χ0n) is 15.2. The summed E-state index contributed by atoms with van der Waals surface area (Å²) in [7, 11) is 5.56. The number of nitrogens with zero attached hydrogens (tertiary/aromatic N) is 2. The fourth-order valence-electron chi connectivity index (χ4n) is 2.63. The average molecular weight is 343 g/mol. The van der Waals surface area contributed by atoms with Crippen LogP contribution in [0.15, 0.2) is 47.4 Å². The van der Waals surface area contributed by atoms with Crippen LogP contribution in [0.4, 0.5) is 0 Å². The molecule has 1 heterocycles. The number of nitrogens with one attached hydrogen (secondary N) is 1. The van der Waals surface area contributed by atoms with Crippen molar-refractivity contribution < 1.29 is 9.53 Å². The molecular formula is C19H25N3O3. The Hall–Kier alpha value is -2.60. The molecule has 25 heavy (non-hydrogen) atoms. The highest BCUT2D eigenvalue weighted by Gasteiger charge is 2.16. The molecule has 1 aromatic carbocycles. The Labute approximate surface area is 148 Å². The Morgan fingerprint density at radius 3 is 2.52 bits per heavy atom. The van der Waals surface area contributed by atoms with Crippen molar-refractivity contribution in [3.8, 4) is 5.75 Å². The van der Waals surface area contributed by atoms with Crippen molar-refractivity contribution in [1.82, 2.24) is 14.8 Å². The summed E-state index contributed by atoms with van der Waals surface area (Å²) in [5, 5.41) is 2.91. The van der Waals surface area contributed by atoms with E-state index in [0.717, 1.165) is 11.3 Å². The molecule has 0 fully saturated rings. The zero-order chi connectivity index (χ0) is 18.4. The van der Waals surface area contributed by atoms with Crippen LogP contribution >= 0.6 is 0 Å². The first-order valence-electron chi connectivity index (χ1n) is 8.15. The second-order valence-electron chi connectivity index (χ2n) is 6.18. The highest BCUT2D eigenvalue weighted by molar-refractivity contribution is 5.75. The molecule has 2 aromatic rings. The molecule has 134 valence electrons. The van der Waals surface area contributed by atoms with Gasteiger partial charge in [0.1, 0.15) is 12.3 Å². The van der Waals surface area contributed by atoms with Crippen molar-refractivity contribution in [3.63, 3.8) is 0 Å². The van der Waals surface area contributed by atoms with Crippen molar-refractivity contribution >= 4 is 5.91 Å². The van der Waals surface area contributed by atoms with Gasteiger partial charge in [0.25, 0.3) is 5.56 Å². The number of aromatic nitrogens is 1. The Kier molecular flexibility index (Phi) is 6.36. The maximum Gasteiger partial charge on any atom is 0.253 e. The summed E-state index contributed by atoms with van der Waals surface area (Å²) < 4.78 is 6.60. The maximum atomic E-state index is 12.2. The molecule has 0 saturated carbocycles. The van der Waals surface area contributed by atoms with Crippen LogP contribution in [0.1, 0.15) is 17.2 Å². The summed E-state index contributed by atoms with van der Waals surface area (Å²) in [5.41, 5.74) is 1.57. The Balaban J connectivity index is 2.01. The van der Waals surface area contributed by atoms with Crippen molar-refractivity contribution in [2.24, 2.45) is 0 Å². The van der Waals surface area contributed by atoms with Gasteiger partial charge in [0, 0.05) is 18.3 Å². The Morgan fingerprint density at radius 1 is 1.24 bits per heavy atom. The normalized spacial score (nSPS) is 12.0. The molecule has 6 heteroatoms. The van der Waals surface area contributed by atoms with Gasteiger partial charge in [0.15, 0.2) is 0 Å². The van der Waals surface area contributed by atoms with Crippen LogP contribution < -0.4 is 15.6 Å². The fourth-order valence-corrected chi connectivity index (χ4v) is 2.63. The van der Waals surface area contributed by atoms with Crippen molar-refractivity contribution in [3.05, 3.63) is 64.1 Å². The number of ether oxygens (including phenoxy) is 1. The Morgan fingerprint density at radius 2 is 1.92 bits per heavy atom. The lowest BCUT2D eigenvalue weighted by atomic mass is 10.1. The molecule has 0 radical (unpaired) electrons. The van der Waals surface area contributed by atoms with Gasteiger partial charge in [0.2, 0.25) is 5.91 Å². The smallest absolute Gasteiger partial charge is 0.253 e. The SMILES string of the molecule is COc1ccc(C(CNC(=O)Cn2cccc(C)c2=O)N(C)C)cc1. The first kappa shape index (κ1) is 18.7. The summed E-state index contributed by atoms with van der Waals surface area (Å²) in [6.45, 7) is 2.21. The van der Waals surface area contributed by atoms with Crippen LogP contribution in [-0.4, -0.2) is 43.1 Å².